The zero-order chi connectivity index (χ0) is 19.5. The number of rotatable bonds is 5. The molecule has 4 rings (SSSR count). The lowest BCUT2D eigenvalue weighted by molar-refractivity contribution is -0.121. The van der Waals surface area contributed by atoms with Crippen LogP contribution in [0, 0.1) is 12.8 Å². The van der Waals surface area contributed by atoms with Crippen LogP contribution in [0.3, 0.4) is 0 Å². The Hall–Kier alpha value is -3.07. The highest BCUT2D eigenvalue weighted by molar-refractivity contribution is 5.93. The molecule has 2 aliphatic heterocycles. The van der Waals surface area contributed by atoms with Gasteiger partial charge in [0.05, 0.1) is 6.54 Å². The highest BCUT2D eigenvalue weighted by Gasteiger charge is 2.26. The molecule has 0 aliphatic carbocycles. The summed E-state index contributed by atoms with van der Waals surface area (Å²) in [4.78, 5) is 26.7. The molecule has 1 saturated heterocycles. The minimum Gasteiger partial charge on any atom is -0.454 e. The molecule has 0 radical (unpaired) electrons. The highest BCUT2D eigenvalue weighted by atomic mass is 16.7. The molecule has 1 aromatic heterocycles. The molecule has 2 aromatic rings. The van der Waals surface area contributed by atoms with Crippen LogP contribution in [0.4, 0.5) is 11.5 Å². The lowest BCUT2D eigenvalue weighted by Gasteiger charge is -2.30. The Morgan fingerprint density at radius 3 is 2.68 bits per heavy atom. The molecule has 9 heteroatoms. The Bertz CT molecular complexity index is 873. The maximum Gasteiger partial charge on any atom is 0.239 e. The second-order valence-electron chi connectivity index (χ2n) is 6.98. The average molecular weight is 386 g/mol. The highest BCUT2D eigenvalue weighted by Crippen LogP contribution is 2.34. The summed E-state index contributed by atoms with van der Waals surface area (Å²) in [7, 11) is 0. The maximum absolute atomic E-state index is 12.5. The van der Waals surface area contributed by atoms with E-state index in [4.69, 9.17) is 14.0 Å². The van der Waals surface area contributed by atoms with Gasteiger partial charge in [0.25, 0.3) is 0 Å². The number of anilines is 2. The van der Waals surface area contributed by atoms with Crippen LogP contribution in [0.1, 0.15) is 18.6 Å². The number of hydrogen-bond acceptors (Lipinski definition) is 7. The molecule has 1 aromatic carbocycles. The van der Waals surface area contributed by atoms with Gasteiger partial charge < -0.3 is 24.6 Å². The Labute approximate surface area is 162 Å². The van der Waals surface area contributed by atoms with Crippen molar-refractivity contribution in [3.05, 3.63) is 30.0 Å². The number of carbonyl (C=O) groups excluding carboxylic acids is 2. The number of hydrogen-bond donors (Lipinski definition) is 2. The number of nitrogens with one attached hydrogen (secondary N) is 2. The van der Waals surface area contributed by atoms with Crippen LogP contribution in [0.25, 0.3) is 0 Å². The summed E-state index contributed by atoms with van der Waals surface area (Å²) in [5, 5.41) is 9.40. The van der Waals surface area contributed by atoms with Gasteiger partial charge in [0.1, 0.15) is 5.76 Å². The van der Waals surface area contributed by atoms with E-state index < -0.39 is 0 Å². The largest absolute Gasteiger partial charge is 0.454 e. The second kappa shape index (κ2) is 7.89. The topological polar surface area (TPSA) is 106 Å². The van der Waals surface area contributed by atoms with Gasteiger partial charge in [0.2, 0.25) is 18.6 Å². The van der Waals surface area contributed by atoms with Gasteiger partial charge >= 0.3 is 0 Å². The molecule has 3 heterocycles. The van der Waals surface area contributed by atoms with Crippen molar-refractivity contribution in [3.8, 4) is 11.5 Å². The smallest absolute Gasteiger partial charge is 0.239 e. The molecule has 2 amide bonds. The third-order valence-corrected chi connectivity index (χ3v) is 4.86. The van der Waals surface area contributed by atoms with Crippen LogP contribution in [-0.2, 0) is 9.59 Å². The zero-order valence-electron chi connectivity index (χ0n) is 15.6. The van der Waals surface area contributed by atoms with Gasteiger partial charge in [-0.2, -0.15) is 0 Å². The molecule has 28 heavy (non-hydrogen) atoms. The van der Waals surface area contributed by atoms with Gasteiger partial charge in [-0.15, -0.1) is 0 Å². The molecule has 148 valence electrons. The molecular weight excluding hydrogens is 364 g/mol. The molecule has 0 atom stereocenters. The lowest BCUT2D eigenvalue weighted by Crippen LogP contribution is -2.41. The number of carbonyl (C=O) groups is 2. The van der Waals surface area contributed by atoms with Crippen molar-refractivity contribution in [1.29, 1.82) is 0 Å². The fourth-order valence-corrected chi connectivity index (χ4v) is 3.38. The predicted octanol–water partition coefficient (Wildman–Crippen LogP) is 2.00. The van der Waals surface area contributed by atoms with E-state index in [9.17, 15) is 9.59 Å². The average Bonchev–Trinajstić information content (AvgIpc) is 3.30. The second-order valence-corrected chi connectivity index (χ2v) is 6.98. The van der Waals surface area contributed by atoms with Crippen LogP contribution in [0.2, 0.25) is 0 Å². The van der Waals surface area contributed by atoms with Gasteiger partial charge in [0, 0.05) is 23.7 Å². The zero-order valence-corrected chi connectivity index (χ0v) is 15.6. The van der Waals surface area contributed by atoms with Crippen molar-refractivity contribution in [3.63, 3.8) is 0 Å². The number of nitrogens with zero attached hydrogens (tertiary/aromatic N) is 2. The number of ether oxygens (including phenoxy) is 2. The van der Waals surface area contributed by atoms with Gasteiger partial charge in [-0.1, -0.05) is 5.16 Å². The van der Waals surface area contributed by atoms with Gasteiger partial charge in [-0.3, -0.25) is 14.5 Å². The molecule has 2 aliphatic rings. The molecule has 2 N–H and O–H groups in total. The molecule has 0 spiro atoms. The van der Waals surface area contributed by atoms with E-state index >= 15 is 0 Å². The number of fused-ring (bicyclic) bond motifs is 1. The quantitative estimate of drug-likeness (QED) is 0.809. The first-order valence-corrected chi connectivity index (χ1v) is 9.23. The third-order valence-electron chi connectivity index (χ3n) is 4.86. The van der Waals surface area contributed by atoms with E-state index in [1.807, 2.05) is 4.90 Å². The van der Waals surface area contributed by atoms with Crippen LogP contribution < -0.4 is 20.1 Å². The third kappa shape index (κ3) is 4.25. The van der Waals surface area contributed by atoms with Crippen molar-refractivity contribution in [2.45, 2.75) is 19.8 Å². The molecular formula is C19H22N4O5. The SMILES string of the molecule is Cc1cc(NC(=O)CN2CCC(C(=O)Nc3ccc4c(c3)OCO4)CC2)no1. The molecule has 0 unspecified atom stereocenters. The lowest BCUT2D eigenvalue weighted by atomic mass is 9.96. The summed E-state index contributed by atoms with van der Waals surface area (Å²) in [6, 6.07) is 7.03. The van der Waals surface area contributed by atoms with Gasteiger partial charge in [-0.05, 0) is 45.0 Å². The van der Waals surface area contributed by atoms with Crippen molar-refractivity contribution in [2.75, 3.05) is 37.1 Å². The van der Waals surface area contributed by atoms with E-state index in [-0.39, 0.29) is 31.1 Å². The van der Waals surface area contributed by atoms with Crippen molar-refractivity contribution < 1.29 is 23.6 Å². The monoisotopic (exact) mass is 386 g/mol. The Balaban J connectivity index is 1.23. The number of piperidine rings is 1. The summed E-state index contributed by atoms with van der Waals surface area (Å²) in [6.07, 6.45) is 1.40. The van der Waals surface area contributed by atoms with E-state index in [0.717, 1.165) is 0 Å². The van der Waals surface area contributed by atoms with Gasteiger partial charge in [-0.25, -0.2) is 0 Å². The first-order chi connectivity index (χ1) is 13.6. The maximum atomic E-state index is 12.5. The summed E-state index contributed by atoms with van der Waals surface area (Å²) >= 11 is 0. The van der Waals surface area contributed by atoms with E-state index in [1.54, 1.807) is 31.2 Å². The predicted molar refractivity (Wildman–Crippen MR) is 100 cm³/mol. The normalized spacial score (nSPS) is 16.8. The number of amides is 2. The summed E-state index contributed by atoms with van der Waals surface area (Å²) < 4.78 is 15.5. The van der Waals surface area contributed by atoms with Crippen LogP contribution in [0.5, 0.6) is 11.5 Å². The molecule has 9 nitrogen and oxygen atoms in total. The Morgan fingerprint density at radius 1 is 1.14 bits per heavy atom. The first-order valence-electron chi connectivity index (χ1n) is 9.23. The summed E-state index contributed by atoms with van der Waals surface area (Å²) in [6.45, 7) is 3.61. The standard InChI is InChI=1S/C19H22N4O5/c1-12-8-17(22-28-12)21-18(24)10-23-6-4-13(5-7-23)19(25)20-14-2-3-15-16(9-14)27-11-26-15/h2-3,8-9,13H,4-7,10-11H2,1H3,(H,20,25)(H,21,22,24). The van der Waals surface area contributed by atoms with E-state index in [0.29, 0.717) is 54.7 Å². The molecule has 0 bridgehead atoms. The Kier molecular flexibility index (Phi) is 5.16. The van der Waals surface area contributed by atoms with Gasteiger partial charge in [0.15, 0.2) is 17.3 Å². The number of likely N-dealkylation sites (tertiary alicyclic amines) is 1. The van der Waals surface area contributed by atoms with E-state index in [2.05, 4.69) is 15.8 Å². The number of aryl methyl sites for hydroxylation is 1. The Morgan fingerprint density at radius 2 is 1.93 bits per heavy atom. The minimum absolute atomic E-state index is 0.0129. The number of benzene rings is 1. The van der Waals surface area contributed by atoms with Crippen LogP contribution in [0.15, 0.2) is 28.8 Å². The minimum atomic E-state index is -0.142. The van der Waals surface area contributed by atoms with Crippen molar-refractivity contribution in [2.24, 2.45) is 5.92 Å². The molecule has 1 fully saturated rings. The summed E-state index contributed by atoms with van der Waals surface area (Å²) in [5.41, 5.74) is 0.693. The fraction of sp³-hybridized carbons (Fsp3) is 0.421. The summed E-state index contributed by atoms with van der Waals surface area (Å²) in [5.74, 6) is 2.15. The fourth-order valence-electron chi connectivity index (χ4n) is 3.38. The first kappa shape index (κ1) is 18.3. The van der Waals surface area contributed by atoms with Crippen molar-refractivity contribution in [1.82, 2.24) is 10.1 Å². The molecule has 0 saturated carbocycles. The van der Waals surface area contributed by atoms with Crippen molar-refractivity contribution >= 4 is 23.3 Å². The number of aromatic nitrogens is 1. The van der Waals surface area contributed by atoms with Crippen LogP contribution in [-0.4, -0.2) is 48.3 Å². The van der Waals surface area contributed by atoms with Crippen LogP contribution >= 0.6 is 0 Å². The van der Waals surface area contributed by atoms with E-state index in [1.165, 1.54) is 0 Å².